The molecule has 0 aliphatic rings. The van der Waals surface area contributed by atoms with Gasteiger partial charge in [0.1, 0.15) is 0 Å². The van der Waals surface area contributed by atoms with Gasteiger partial charge in [0.05, 0.1) is 10.6 Å². The molecule has 0 aliphatic carbocycles. The van der Waals surface area contributed by atoms with Crippen LogP contribution < -0.4 is 15.8 Å². The van der Waals surface area contributed by atoms with E-state index < -0.39 is 10.0 Å². The van der Waals surface area contributed by atoms with Crippen molar-refractivity contribution in [1.29, 1.82) is 0 Å². The van der Waals surface area contributed by atoms with E-state index in [-0.39, 0.29) is 10.9 Å². The number of amides is 2. The molecular formula is C15H16IN3O3S. The molecule has 0 heterocycles. The molecule has 0 aromatic heterocycles. The van der Waals surface area contributed by atoms with Gasteiger partial charge in [0, 0.05) is 10.1 Å². The number of anilines is 1. The first-order valence-corrected chi connectivity index (χ1v) is 9.40. The van der Waals surface area contributed by atoms with Crippen molar-refractivity contribution in [3.8, 4) is 0 Å². The molecule has 2 amide bonds. The number of hydrogen-bond donors (Lipinski definition) is 3. The predicted octanol–water partition coefficient (Wildman–Crippen LogP) is 2.30. The molecule has 0 atom stereocenters. The lowest BCUT2D eigenvalue weighted by Crippen LogP contribution is -2.30. The summed E-state index contributed by atoms with van der Waals surface area (Å²) in [5, 5.41) is 10.6. The molecule has 2 aromatic carbocycles. The van der Waals surface area contributed by atoms with Crippen molar-refractivity contribution in [3.63, 3.8) is 0 Å². The maximum Gasteiger partial charge on any atom is 0.319 e. The van der Waals surface area contributed by atoms with Crippen LogP contribution in [0, 0.1) is 3.57 Å². The number of carbonyl (C=O) groups excluding carboxylic acids is 1. The molecule has 8 heteroatoms. The molecular weight excluding hydrogens is 429 g/mol. The zero-order valence-corrected chi connectivity index (χ0v) is 15.1. The number of urea groups is 1. The minimum atomic E-state index is -3.67. The molecule has 6 nitrogen and oxygen atoms in total. The molecule has 4 N–H and O–H groups in total. The fourth-order valence-electron chi connectivity index (χ4n) is 1.90. The molecule has 0 radical (unpaired) electrons. The fourth-order valence-corrected chi connectivity index (χ4v) is 2.93. The van der Waals surface area contributed by atoms with E-state index in [0.717, 1.165) is 14.8 Å². The maximum atomic E-state index is 11.8. The summed E-state index contributed by atoms with van der Waals surface area (Å²) >= 11 is 2.15. The molecule has 122 valence electrons. The molecule has 2 aromatic rings. The van der Waals surface area contributed by atoms with Crippen LogP contribution in [-0.4, -0.2) is 21.0 Å². The van der Waals surface area contributed by atoms with Crippen LogP contribution in [0.25, 0.3) is 0 Å². The number of nitrogens with two attached hydrogens (primary N) is 1. The van der Waals surface area contributed by atoms with Crippen LogP contribution >= 0.6 is 22.6 Å². The summed E-state index contributed by atoms with van der Waals surface area (Å²) < 4.78 is 23.3. The lowest BCUT2D eigenvalue weighted by Gasteiger charge is -2.09. The van der Waals surface area contributed by atoms with Crippen molar-refractivity contribution in [2.24, 2.45) is 5.14 Å². The van der Waals surface area contributed by atoms with E-state index in [4.69, 9.17) is 5.14 Å². The Labute approximate surface area is 148 Å². The third-order valence-electron chi connectivity index (χ3n) is 3.07. The minimum absolute atomic E-state index is 0.0746. The molecule has 23 heavy (non-hydrogen) atoms. The zero-order chi connectivity index (χ0) is 16.9. The Balaban J connectivity index is 1.83. The first kappa shape index (κ1) is 17.7. The Hall–Kier alpha value is -1.65. The van der Waals surface area contributed by atoms with E-state index in [9.17, 15) is 13.2 Å². The highest BCUT2D eigenvalue weighted by Gasteiger charge is 2.07. The number of carbonyl (C=O) groups is 1. The van der Waals surface area contributed by atoms with Gasteiger partial charge in [-0.05, 0) is 58.8 Å². The highest BCUT2D eigenvalue weighted by atomic mass is 127. The predicted molar refractivity (Wildman–Crippen MR) is 97.7 cm³/mol. The number of rotatable bonds is 5. The largest absolute Gasteiger partial charge is 0.338 e. The van der Waals surface area contributed by atoms with E-state index in [1.54, 1.807) is 12.1 Å². The molecule has 0 unspecified atom stereocenters. The van der Waals surface area contributed by atoms with Gasteiger partial charge in [0.15, 0.2) is 0 Å². The zero-order valence-electron chi connectivity index (χ0n) is 12.1. The van der Waals surface area contributed by atoms with Gasteiger partial charge in [-0.15, -0.1) is 0 Å². The van der Waals surface area contributed by atoms with Gasteiger partial charge < -0.3 is 10.6 Å². The van der Waals surface area contributed by atoms with Gasteiger partial charge in [-0.1, -0.05) is 24.3 Å². The standard InChI is InChI=1S/C15H16IN3O3S/c16-13-3-1-2-4-14(13)19-15(20)18-10-9-11-5-7-12(8-6-11)23(17,21)22/h1-8H,9-10H2,(H2,17,21,22)(H2,18,19,20). The molecule has 0 bridgehead atoms. The topological polar surface area (TPSA) is 101 Å². The van der Waals surface area contributed by atoms with Crippen LogP contribution in [0.5, 0.6) is 0 Å². The second-order valence-electron chi connectivity index (χ2n) is 4.80. The number of sulfonamides is 1. The van der Waals surface area contributed by atoms with Gasteiger partial charge in [0.2, 0.25) is 10.0 Å². The van der Waals surface area contributed by atoms with Crippen molar-refractivity contribution in [2.75, 3.05) is 11.9 Å². The average Bonchev–Trinajstić information content (AvgIpc) is 2.49. The highest BCUT2D eigenvalue weighted by molar-refractivity contribution is 14.1. The molecule has 0 spiro atoms. The lowest BCUT2D eigenvalue weighted by atomic mass is 10.1. The van der Waals surface area contributed by atoms with E-state index >= 15 is 0 Å². The number of nitrogens with one attached hydrogen (secondary N) is 2. The van der Waals surface area contributed by atoms with Crippen molar-refractivity contribution in [2.45, 2.75) is 11.3 Å². The first-order valence-electron chi connectivity index (χ1n) is 6.77. The Morgan fingerprint density at radius 2 is 1.74 bits per heavy atom. The lowest BCUT2D eigenvalue weighted by molar-refractivity contribution is 0.252. The van der Waals surface area contributed by atoms with Gasteiger partial charge in [0.25, 0.3) is 0 Å². The third kappa shape index (κ3) is 5.48. The second-order valence-corrected chi connectivity index (χ2v) is 7.52. The van der Waals surface area contributed by atoms with Crippen LogP contribution in [-0.2, 0) is 16.4 Å². The first-order chi connectivity index (χ1) is 10.9. The molecule has 0 saturated carbocycles. The normalized spacial score (nSPS) is 11.0. The van der Waals surface area contributed by atoms with Gasteiger partial charge in [-0.2, -0.15) is 0 Å². The van der Waals surface area contributed by atoms with Crippen molar-refractivity contribution in [3.05, 3.63) is 57.7 Å². The number of primary sulfonamides is 1. The van der Waals surface area contributed by atoms with Crippen molar-refractivity contribution < 1.29 is 13.2 Å². The van der Waals surface area contributed by atoms with E-state index in [0.29, 0.717) is 13.0 Å². The van der Waals surface area contributed by atoms with Gasteiger partial charge in [-0.3, -0.25) is 0 Å². The third-order valence-corrected chi connectivity index (χ3v) is 4.94. The van der Waals surface area contributed by atoms with Crippen LogP contribution in [0.15, 0.2) is 53.4 Å². The fraction of sp³-hybridized carbons (Fsp3) is 0.133. The second kappa shape index (κ2) is 7.75. The number of benzene rings is 2. The molecule has 0 aliphatic heterocycles. The number of hydrogen-bond acceptors (Lipinski definition) is 3. The summed E-state index contributed by atoms with van der Waals surface area (Å²) in [5.74, 6) is 0. The highest BCUT2D eigenvalue weighted by Crippen LogP contribution is 2.16. The van der Waals surface area contributed by atoms with E-state index in [1.165, 1.54) is 12.1 Å². The molecule has 0 saturated heterocycles. The van der Waals surface area contributed by atoms with Crippen LogP contribution in [0.1, 0.15) is 5.56 Å². The number of halogens is 1. The summed E-state index contributed by atoms with van der Waals surface area (Å²) in [7, 11) is -3.67. The molecule has 2 rings (SSSR count). The average molecular weight is 445 g/mol. The summed E-state index contributed by atoms with van der Waals surface area (Å²) in [6.45, 7) is 0.434. The van der Waals surface area contributed by atoms with E-state index in [1.807, 2.05) is 24.3 Å². The Bertz CT molecular complexity index is 792. The summed E-state index contributed by atoms with van der Waals surface area (Å²) in [6, 6.07) is 13.5. The van der Waals surface area contributed by atoms with Crippen LogP contribution in [0.4, 0.5) is 10.5 Å². The van der Waals surface area contributed by atoms with Crippen molar-refractivity contribution >= 4 is 44.3 Å². The summed E-state index contributed by atoms with van der Waals surface area (Å²) in [5.41, 5.74) is 1.66. The monoisotopic (exact) mass is 445 g/mol. The quantitative estimate of drug-likeness (QED) is 0.616. The maximum absolute atomic E-state index is 11.8. The van der Waals surface area contributed by atoms with Gasteiger partial charge >= 0.3 is 6.03 Å². The minimum Gasteiger partial charge on any atom is -0.338 e. The summed E-state index contributed by atoms with van der Waals surface area (Å²) in [4.78, 5) is 11.9. The van der Waals surface area contributed by atoms with Crippen LogP contribution in [0.2, 0.25) is 0 Å². The Morgan fingerprint density at radius 1 is 1.09 bits per heavy atom. The van der Waals surface area contributed by atoms with Crippen molar-refractivity contribution in [1.82, 2.24) is 5.32 Å². The Morgan fingerprint density at radius 3 is 2.35 bits per heavy atom. The summed E-state index contributed by atoms with van der Waals surface area (Å²) in [6.07, 6.45) is 0.588. The smallest absolute Gasteiger partial charge is 0.319 e. The Kier molecular flexibility index (Phi) is 5.97. The number of para-hydroxylation sites is 1. The van der Waals surface area contributed by atoms with Gasteiger partial charge in [-0.25, -0.2) is 18.4 Å². The SMILES string of the molecule is NS(=O)(=O)c1ccc(CCNC(=O)Nc2ccccc2I)cc1. The van der Waals surface area contributed by atoms with Crippen LogP contribution in [0.3, 0.4) is 0 Å². The van der Waals surface area contributed by atoms with E-state index in [2.05, 4.69) is 33.2 Å². The molecule has 0 fully saturated rings.